The monoisotopic (exact) mass is 217 g/mol. The van der Waals surface area contributed by atoms with Crippen LogP contribution in [0.3, 0.4) is 0 Å². The van der Waals surface area contributed by atoms with Gasteiger partial charge in [0, 0.05) is 19.2 Å². The third kappa shape index (κ3) is 5.74. The number of hydrogen-bond donors (Lipinski definition) is 2. The fourth-order valence-electron chi connectivity index (χ4n) is 1.49. The van der Waals surface area contributed by atoms with Crippen molar-refractivity contribution in [3.63, 3.8) is 0 Å². The maximum Gasteiger partial charge on any atom is 0.307 e. The Labute approximate surface area is 92.0 Å². The molecule has 0 heterocycles. The first-order valence-electron chi connectivity index (χ1n) is 5.50. The van der Waals surface area contributed by atoms with E-state index in [-0.39, 0.29) is 18.0 Å². The number of carbonyl (C=O) groups is 1. The summed E-state index contributed by atoms with van der Waals surface area (Å²) in [6.45, 7) is 6.35. The molecule has 3 unspecified atom stereocenters. The standard InChI is InChI=1S/C11H23NO3/c1-5-6-10(7-15-4)12-9(3)8(2)11(13)14/h8-10,12H,5-7H2,1-4H3,(H,13,14). The molecule has 4 nitrogen and oxygen atoms in total. The van der Waals surface area contributed by atoms with Crippen LogP contribution in [0.4, 0.5) is 0 Å². The second-order valence-corrected chi connectivity index (χ2v) is 4.02. The molecule has 0 fully saturated rings. The number of hydrogen-bond acceptors (Lipinski definition) is 3. The lowest BCUT2D eigenvalue weighted by molar-refractivity contribution is -0.142. The maximum absolute atomic E-state index is 10.8. The first kappa shape index (κ1) is 14.4. The second-order valence-electron chi connectivity index (χ2n) is 4.02. The molecule has 0 saturated carbocycles. The molecular formula is C11H23NO3. The largest absolute Gasteiger partial charge is 0.481 e. The smallest absolute Gasteiger partial charge is 0.307 e. The van der Waals surface area contributed by atoms with Crippen LogP contribution in [-0.2, 0) is 9.53 Å². The van der Waals surface area contributed by atoms with Crippen LogP contribution in [0.2, 0.25) is 0 Å². The van der Waals surface area contributed by atoms with Gasteiger partial charge in [0.1, 0.15) is 0 Å². The van der Waals surface area contributed by atoms with E-state index in [4.69, 9.17) is 9.84 Å². The molecule has 0 amide bonds. The fourth-order valence-corrected chi connectivity index (χ4v) is 1.49. The molecule has 0 bridgehead atoms. The van der Waals surface area contributed by atoms with Crippen LogP contribution in [0.15, 0.2) is 0 Å². The van der Waals surface area contributed by atoms with E-state index in [2.05, 4.69) is 12.2 Å². The molecule has 0 aliphatic rings. The summed E-state index contributed by atoms with van der Waals surface area (Å²) in [6, 6.07) is 0.214. The zero-order chi connectivity index (χ0) is 11.8. The van der Waals surface area contributed by atoms with E-state index in [1.54, 1.807) is 14.0 Å². The van der Waals surface area contributed by atoms with E-state index in [1.807, 2.05) is 6.92 Å². The summed E-state index contributed by atoms with van der Waals surface area (Å²) in [4.78, 5) is 10.8. The van der Waals surface area contributed by atoms with Gasteiger partial charge in [-0.15, -0.1) is 0 Å². The van der Waals surface area contributed by atoms with Gasteiger partial charge in [-0.1, -0.05) is 20.3 Å². The van der Waals surface area contributed by atoms with E-state index in [1.165, 1.54) is 0 Å². The first-order chi connectivity index (χ1) is 7.02. The number of rotatable bonds is 8. The highest BCUT2D eigenvalue weighted by Crippen LogP contribution is 2.06. The van der Waals surface area contributed by atoms with Crippen molar-refractivity contribution in [1.29, 1.82) is 0 Å². The third-order valence-electron chi connectivity index (χ3n) is 2.64. The summed E-state index contributed by atoms with van der Waals surface area (Å²) in [5.74, 6) is -1.14. The first-order valence-corrected chi connectivity index (χ1v) is 5.50. The van der Waals surface area contributed by atoms with Crippen molar-refractivity contribution in [2.45, 2.75) is 45.7 Å². The Hall–Kier alpha value is -0.610. The SMILES string of the molecule is CCCC(COC)NC(C)C(C)C(=O)O. The lowest BCUT2D eigenvalue weighted by Gasteiger charge is -2.24. The number of aliphatic carboxylic acids is 1. The van der Waals surface area contributed by atoms with Crippen molar-refractivity contribution in [3.05, 3.63) is 0 Å². The van der Waals surface area contributed by atoms with E-state index in [9.17, 15) is 4.79 Å². The zero-order valence-electron chi connectivity index (χ0n) is 10.1. The molecule has 0 rings (SSSR count). The van der Waals surface area contributed by atoms with Gasteiger partial charge in [0.25, 0.3) is 0 Å². The lowest BCUT2D eigenvalue weighted by atomic mass is 10.0. The summed E-state index contributed by atoms with van der Waals surface area (Å²) in [7, 11) is 1.66. The van der Waals surface area contributed by atoms with Gasteiger partial charge >= 0.3 is 5.97 Å². The number of carboxylic acid groups (broad SMARTS) is 1. The molecule has 3 atom stereocenters. The molecule has 0 aliphatic heterocycles. The molecule has 0 aliphatic carbocycles. The zero-order valence-corrected chi connectivity index (χ0v) is 10.1. The van der Waals surface area contributed by atoms with Crippen LogP contribution in [0.1, 0.15) is 33.6 Å². The second kappa shape index (κ2) is 7.65. The highest BCUT2D eigenvalue weighted by molar-refractivity contribution is 5.70. The van der Waals surface area contributed by atoms with E-state index < -0.39 is 5.97 Å². The molecule has 2 N–H and O–H groups in total. The maximum atomic E-state index is 10.8. The highest BCUT2D eigenvalue weighted by atomic mass is 16.5. The Balaban J connectivity index is 4.08. The van der Waals surface area contributed by atoms with E-state index >= 15 is 0 Å². The number of nitrogens with one attached hydrogen (secondary N) is 1. The van der Waals surface area contributed by atoms with Crippen LogP contribution in [0.5, 0.6) is 0 Å². The minimum absolute atomic E-state index is 0.0331. The summed E-state index contributed by atoms with van der Waals surface area (Å²) in [6.07, 6.45) is 2.07. The number of methoxy groups -OCH3 is 1. The van der Waals surface area contributed by atoms with Crippen molar-refractivity contribution in [2.75, 3.05) is 13.7 Å². The van der Waals surface area contributed by atoms with Gasteiger partial charge in [-0.25, -0.2) is 0 Å². The Morgan fingerprint density at radius 2 is 2.07 bits per heavy atom. The van der Waals surface area contributed by atoms with Crippen LogP contribution < -0.4 is 5.32 Å². The summed E-state index contributed by atoms with van der Waals surface area (Å²) >= 11 is 0. The lowest BCUT2D eigenvalue weighted by Crippen LogP contribution is -2.44. The number of carboxylic acids is 1. The van der Waals surface area contributed by atoms with Crippen LogP contribution in [-0.4, -0.2) is 36.9 Å². The molecule has 0 aromatic heterocycles. The molecular weight excluding hydrogens is 194 g/mol. The topological polar surface area (TPSA) is 58.6 Å². The molecule has 15 heavy (non-hydrogen) atoms. The van der Waals surface area contributed by atoms with Crippen molar-refractivity contribution < 1.29 is 14.6 Å². The van der Waals surface area contributed by atoms with Crippen molar-refractivity contribution in [3.8, 4) is 0 Å². The number of ether oxygens (including phenoxy) is 1. The average Bonchev–Trinajstić information content (AvgIpc) is 2.17. The van der Waals surface area contributed by atoms with Crippen LogP contribution >= 0.6 is 0 Å². The van der Waals surface area contributed by atoms with Crippen molar-refractivity contribution in [2.24, 2.45) is 5.92 Å². The predicted octanol–water partition coefficient (Wildman–Crippen LogP) is 1.50. The fraction of sp³-hybridized carbons (Fsp3) is 0.909. The van der Waals surface area contributed by atoms with Gasteiger partial charge < -0.3 is 15.2 Å². The van der Waals surface area contributed by atoms with E-state index in [0.717, 1.165) is 12.8 Å². The van der Waals surface area contributed by atoms with Gasteiger partial charge in [-0.05, 0) is 13.3 Å². The molecule has 0 aromatic carbocycles. The summed E-state index contributed by atoms with van der Waals surface area (Å²) < 4.78 is 5.09. The van der Waals surface area contributed by atoms with Gasteiger partial charge in [0.15, 0.2) is 0 Å². The Morgan fingerprint density at radius 1 is 1.47 bits per heavy atom. The molecule has 0 spiro atoms. The molecule has 0 saturated heterocycles. The van der Waals surface area contributed by atoms with E-state index in [0.29, 0.717) is 6.61 Å². The van der Waals surface area contributed by atoms with Gasteiger partial charge in [-0.3, -0.25) is 4.79 Å². The Bertz CT molecular complexity index is 179. The normalized spacial score (nSPS) is 17.1. The van der Waals surface area contributed by atoms with Crippen LogP contribution in [0, 0.1) is 5.92 Å². The van der Waals surface area contributed by atoms with Crippen molar-refractivity contribution in [1.82, 2.24) is 5.32 Å². The van der Waals surface area contributed by atoms with Gasteiger partial charge in [0.05, 0.1) is 12.5 Å². The minimum Gasteiger partial charge on any atom is -0.481 e. The van der Waals surface area contributed by atoms with Crippen molar-refractivity contribution >= 4 is 5.97 Å². The molecule has 0 aromatic rings. The summed E-state index contributed by atoms with van der Waals surface area (Å²) in [5, 5.41) is 12.1. The third-order valence-corrected chi connectivity index (χ3v) is 2.64. The predicted molar refractivity (Wildman–Crippen MR) is 60.0 cm³/mol. The van der Waals surface area contributed by atoms with Gasteiger partial charge in [0.2, 0.25) is 0 Å². The summed E-state index contributed by atoms with van der Waals surface area (Å²) in [5.41, 5.74) is 0. The Kier molecular flexibility index (Phi) is 7.34. The quantitative estimate of drug-likeness (QED) is 0.647. The average molecular weight is 217 g/mol. The molecule has 90 valence electrons. The molecule has 0 radical (unpaired) electrons. The molecule has 4 heteroatoms. The van der Waals surface area contributed by atoms with Gasteiger partial charge in [-0.2, -0.15) is 0 Å². The Morgan fingerprint density at radius 3 is 2.47 bits per heavy atom. The van der Waals surface area contributed by atoms with Crippen LogP contribution in [0.25, 0.3) is 0 Å². The minimum atomic E-state index is -0.761. The highest BCUT2D eigenvalue weighted by Gasteiger charge is 2.21.